The van der Waals surface area contributed by atoms with Crippen molar-refractivity contribution in [2.45, 2.75) is 43.6 Å². The molecule has 30 heavy (non-hydrogen) atoms. The SMILES string of the molecule is CCn1c(SCC(=O)OC(C(=O)NC2CC2)c2ccccc2)nnc1-c1cccs1. The fourth-order valence-corrected chi connectivity index (χ4v) is 4.47. The number of nitrogens with zero attached hydrogens (tertiary/aromatic N) is 3. The minimum atomic E-state index is -0.953. The smallest absolute Gasteiger partial charge is 0.317 e. The zero-order valence-corrected chi connectivity index (χ0v) is 18.1. The molecule has 1 atom stereocenters. The second-order valence-electron chi connectivity index (χ2n) is 6.88. The van der Waals surface area contributed by atoms with Gasteiger partial charge in [0, 0.05) is 18.2 Å². The molecule has 0 aliphatic heterocycles. The molecule has 156 valence electrons. The van der Waals surface area contributed by atoms with Crippen LogP contribution in [-0.4, -0.2) is 38.4 Å². The number of carbonyl (C=O) groups excluding carboxylic acids is 2. The van der Waals surface area contributed by atoms with Crippen LogP contribution in [0.3, 0.4) is 0 Å². The number of carbonyl (C=O) groups is 2. The third-order valence-electron chi connectivity index (χ3n) is 4.61. The van der Waals surface area contributed by atoms with E-state index in [0.717, 1.165) is 23.5 Å². The van der Waals surface area contributed by atoms with Gasteiger partial charge >= 0.3 is 5.97 Å². The second-order valence-corrected chi connectivity index (χ2v) is 8.77. The van der Waals surface area contributed by atoms with Crippen LogP contribution in [0.5, 0.6) is 0 Å². The molecule has 1 amide bonds. The van der Waals surface area contributed by atoms with Gasteiger partial charge in [-0.2, -0.15) is 0 Å². The van der Waals surface area contributed by atoms with E-state index in [9.17, 15) is 9.59 Å². The predicted molar refractivity (Wildman–Crippen MR) is 116 cm³/mol. The molecule has 1 aromatic carbocycles. The van der Waals surface area contributed by atoms with Gasteiger partial charge in [0.25, 0.3) is 5.91 Å². The van der Waals surface area contributed by atoms with Crippen LogP contribution < -0.4 is 5.32 Å². The first kappa shape index (κ1) is 20.6. The standard InChI is InChI=1S/C21H22N4O3S2/c1-2-25-19(16-9-6-12-29-16)23-24-21(25)30-13-17(26)28-18(14-7-4-3-5-8-14)20(27)22-15-10-11-15/h3-9,12,15,18H,2,10-11,13H2,1H3,(H,22,27). The molecule has 7 nitrogen and oxygen atoms in total. The van der Waals surface area contributed by atoms with Gasteiger partial charge in [-0.15, -0.1) is 21.5 Å². The maximum Gasteiger partial charge on any atom is 0.317 e. The normalized spacial score (nSPS) is 14.3. The highest BCUT2D eigenvalue weighted by Gasteiger charge is 2.31. The summed E-state index contributed by atoms with van der Waals surface area (Å²) in [5, 5.41) is 14.1. The Morgan fingerprint density at radius 2 is 2.03 bits per heavy atom. The van der Waals surface area contributed by atoms with Crippen LogP contribution in [0.1, 0.15) is 31.4 Å². The van der Waals surface area contributed by atoms with Gasteiger partial charge in [-0.05, 0) is 31.2 Å². The maximum absolute atomic E-state index is 12.6. The molecule has 1 saturated carbocycles. The van der Waals surface area contributed by atoms with E-state index < -0.39 is 12.1 Å². The summed E-state index contributed by atoms with van der Waals surface area (Å²) in [5.74, 6) is 0.0824. The van der Waals surface area contributed by atoms with Crippen LogP contribution >= 0.6 is 23.1 Å². The van der Waals surface area contributed by atoms with E-state index >= 15 is 0 Å². The van der Waals surface area contributed by atoms with Gasteiger partial charge in [-0.1, -0.05) is 48.2 Å². The Labute approximate surface area is 182 Å². The third-order valence-corrected chi connectivity index (χ3v) is 6.41. The highest BCUT2D eigenvalue weighted by Crippen LogP contribution is 2.28. The van der Waals surface area contributed by atoms with E-state index in [-0.39, 0.29) is 17.7 Å². The Hall–Kier alpha value is -2.65. The summed E-state index contributed by atoms with van der Waals surface area (Å²) in [7, 11) is 0. The van der Waals surface area contributed by atoms with E-state index in [1.807, 2.05) is 47.2 Å². The lowest BCUT2D eigenvalue weighted by Crippen LogP contribution is -2.33. The number of ether oxygens (including phenoxy) is 1. The molecule has 4 rings (SSSR count). The molecule has 0 spiro atoms. The molecule has 0 radical (unpaired) electrons. The lowest BCUT2D eigenvalue weighted by molar-refractivity contribution is -0.154. The van der Waals surface area contributed by atoms with E-state index in [1.54, 1.807) is 23.5 Å². The highest BCUT2D eigenvalue weighted by atomic mass is 32.2. The molecule has 2 heterocycles. The molecule has 0 bridgehead atoms. The minimum Gasteiger partial charge on any atom is -0.447 e. The first-order valence-corrected chi connectivity index (χ1v) is 11.7. The van der Waals surface area contributed by atoms with Gasteiger partial charge in [0.05, 0.1) is 10.6 Å². The van der Waals surface area contributed by atoms with Crippen molar-refractivity contribution in [2.75, 3.05) is 5.75 Å². The Morgan fingerprint density at radius 3 is 2.70 bits per heavy atom. The molecule has 1 aliphatic carbocycles. The van der Waals surface area contributed by atoms with Crippen molar-refractivity contribution in [1.29, 1.82) is 0 Å². The van der Waals surface area contributed by atoms with Crippen LogP contribution in [0.25, 0.3) is 10.7 Å². The summed E-state index contributed by atoms with van der Waals surface area (Å²) in [5.41, 5.74) is 0.658. The fourth-order valence-electron chi connectivity index (χ4n) is 2.96. The third kappa shape index (κ3) is 4.91. The molecule has 1 aliphatic rings. The molecule has 1 N–H and O–H groups in total. The Balaban J connectivity index is 1.42. The van der Waals surface area contributed by atoms with E-state index in [1.165, 1.54) is 11.8 Å². The number of hydrogen-bond donors (Lipinski definition) is 1. The van der Waals surface area contributed by atoms with Crippen LogP contribution in [0.2, 0.25) is 0 Å². The number of nitrogens with one attached hydrogen (secondary N) is 1. The van der Waals surface area contributed by atoms with Crippen molar-refractivity contribution in [1.82, 2.24) is 20.1 Å². The van der Waals surface area contributed by atoms with Crippen molar-refractivity contribution in [3.05, 3.63) is 53.4 Å². The molecule has 1 fully saturated rings. The number of hydrogen-bond acceptors (Lipinski definition) is 7. The van der Waals surface area contributed by atoms with Crippen molar-refractivity contribution in [3.63, 3.8) is 0 Å². The number of thioether (sulfide) groups is 1. The van der Waals surface area contributed by atoms with Crippen LogP contribution in [0, 0.1) is 0 Å². The van der Waals surface area contributed by atoms with Crippen molar-refractivity contribution >= 4 is 35.0 Å². The summed E-state index contributed by atoms with van der Waals surface area (Å²) in [6, 6.07) is 13.2. The monoisotopic (exact) mass is 442 g/mol. The quantitative estimate of drug-likeness (QED) is 0.402. The summed E-state index contributed by atoms with van der Waals surface area (Å²) < 4.78 is 7.54. The summed E-state index contributed by atoms with van der Waals surface area (Å²) in [6.07, 6.45) is 0.984. The van der Waals surface area contributed by atoms with Gasteiger partial charge in [0.15, 0.2) is 11.0 Å². The minimum absolute atomic E-state index is 0.0443. The average Bonchev–Trinajstić information content (AvgIpc) is 3.25. The van der Waals surface area contributed by atoms with Crippen LogP contribution in [-0.2, 0) is 20.9 Å². The number of esters is 1. The molecule has 0 saturated heterocycles. The largest absolute Gasteiger partial charge is 0.447 e. The molecule has 3 aromatic rings. The number of benzene rings is 1. The van der Waals surface area contributed by atoms with Gasteiger partial charge < -0.3 is 14.6 Å². The lowest BCUT2D eigenvalue weighted by Gasteiger charge is -2.18. The van der Waals surface area contributed by atoms with Crippen molar-refractivity contribution in [2.24, 2.45) is 0 Å². The van der Waals surface area contributed by atoms with E-state index in [4.69, 9.17) is 4.74 Å². The molecule has 2 aromatic heterocycles. The topological polar surface area (TPSA) is 86.1 Å². The lowest BCUT2D eigenvalue weighted by atomic mass is 10.1. The van der Waals surface area contributed by atoms with Gasteiger partial charge in [-0.25, -0.2) is 0 Å². The predicted octanol–water partition coefficient (Wildman–Crippen LogP) is 3.68. The molecule has 9 heteroatoms. The zero-order valence-electron chi connectivity index (χ0n) is 16.5. The Morgan fingerprint density at radius 1 is 1.23 bits per heavy atom. The van der Waals surface area contributed by atoms with Crippen LogP contribution in [0.15, 0.2) is 53.0 Å². The van der Waals surface area contributed by atoms with Crippen molar-refractivity contribution in [3.8, 4) is 10.7 Å². The summed E-state index contributed by atoms with van der Waals surface area (Å²) in [6.45, 7) is 2.70. The second kappa shape index (κ2) is 9.44. The van der Waals surface area contributed by atoms with Crippen LogP contribution in [0.4, 0.5) is 0 Å². The van der Waals surface area contributed by atoms with Gasteiger partial charge in [0.2, 0.25) is 6.10 Å². The van der Waals surface area contributed by atoms with E-state index in [2.05, 4.69) is 15.5 Å². The number of amides is 1. The fraction of sp³-hybridized carbons (Fsp3) is 0.333. The molecule has 1 unspecified atom stereocenters. The van der Waals surface area contributed by atoms with Gasteiger partial charge in [-0.3, -0.25) is 9.59 Å². The highest BCUT2D eigenvalue weighted by molar-refractivity contribution is 7.99. The molecular formula is C21H22N4O3S2. The average molecular weight is 443 g/mol. The Kier molecular flexibility index (Phi) is 6.49. The van der Waals surface area contributed by atoms with E-state index in [0.29, 0.717) is 17.3 Å². The van der Waals surface area contributed by atoms with Gasteiger partial charge in [0.1, 0.15) is 0 Å². The maximum atomic E-state index is 12.6. The number of rotatable bonds is 9. The molecular weight excluding hydrogens is 420 g/mol. The first-order chi connectivity index (χ1) is 14.7. The number of aromatic nitrogens is 3. The summed E-state index contributed by atoms with van der Waals surface area (Å²) in [4.78, 5) is 26.2. The zero-order chi connectivity index (χ0) is 20.9. The Bertz CT molecular complexity index is 1000. The number of thiophene rings is 1. The first-order valence-electron chi connectivity index (χ1n) is 9.80. The summed E-state index contributed by atoms with van der Waals surface area (Å²) >= 11 is 2.85. The van der Waals surface area contributed by atoms with Crippen molar-refractivity contribution < 1.29 is 14.3 Å².